The molecule has 0 spiro atoms. The molecular weight excluding hydrogens is 220 g/mol. The van der Waals surface area contributed by atoms with E-state index in [4.69, 9.17) is 5.11 Å². The fraction of sp³-hybridized carbons (Fsp3) is 0.500. The molecule has 0 amide bonds. The molecule has 0 unspecified atom stereocenters. The number of nitrogens with one attached hydrogen (secondary N) is 1. The highest BCUT2D eigenvalue weighted by Crippen LogP contribution is 2.29. The van der Waals surface area contributed by atoms with Crippen LogP contribution in [0.4, 0.5) is 0 Å². The Morgan fingerprint density at radius 1 is 1.18 bits per heavy atom. The van der Waals surface area contributed by atoms with Crippen LogP contribution in [0.1, 0.15) is 36.9 Å². The predicted octanol–water partition coefficient (Wildman–Crippen LogP) is 1.14. The van der Waals surface area contributed by atoms with Crippen LogP contribution in [0.15, 0.2) is 10.4 Å². The summed E-state index contributed by atoms with van der Waals surface area (Å²) in [6, 6.07) is 0. The van der Waals surface area contributed by atoms with E-state index in [2.05, 4.69) is 5.10 Å². The normalized spacial score (nSPS) is 18.8. The highest BCUT2D eigenvalue weighted by molar-refractivity contribution is 5.94. The summed E-state index contributed by atoms with van der Waals surface area (Å²) in [6.07, 6.45) is 4.76. The maximum atomic E-state index is 12.1. The molecule has 0 aromatic carbocycles. The van der Waals surface area contributed by atoms with Crippen LogP contribution >= 0.6 is 0 Å². The van der Waals surface area contributed by atoms with E-state index in [1.165, 1.54) is 4.68 Å². The maximum absolute atomic E-state index is 12.1. The van der Waals surface area contributed by atoms with Gasteiger partial charge in [0.25, 0.3) is 5.56 Å². The van der Waals surface area contributed by atoms with E-state index in [9.17, 15) is 9.59 Å². The van der Waals surface area contributed by atoms with E-state index in [0.29, 0.717) is 24.1 Å². The molecule has 0 saturated heterocycles. The van der Waals surface area contributed by atoms with Gasteiger partial charge in [0.15, 0.2) is 0 Å². The standard InChI is InChI=1S/C12H14N2O3/c15-11-7-3-1-5-9(7)13-14(11)10-6-2-4-8(10)12(16)17/h13H,1-6H2,(H,16,17). The van der Waals surface area contributed by atoms with Gasteiger partial charge in [-0.3, -0.25) is 9.89 Å². The van der Waals surface area contributed by atoms with Crippen LogP contribution in [-0.4, -0.2) is 20.9 Å². The fourth-order valence-electron chi connectivity index (χ4n) is 2.82. The van der Waals surface area contributed by atoms with Gasteiger partial charge in [-0.05, 0) is 38.5 Å². The Labute approximate surface area is 97.7 Å². The van der Waals surface area contributed by atoms with Crippen LogP contribution in [0.2, 0.25) is 0 Å². The highest BCUT2D eigenvalue weighted by Gasteiger charge is 2.26. The molecule has 0 atom stereocenters. The zero-order chi connectivity index (χ0) is 12.0. The number of fused-ring (bicyclic) bond motifs is 1. The second-order valence-corrected chi connectivity index (χ2v) is 4.65. The summed E-state index contributed by atoms with van der Waals surface area (Å²) >= 11 is 0. The van der Waals surface area contributed by atoms with E-state index in [1.54, 1.807) is 0 Å². The van der Waals surface area contributed by atoms with Gasteiger partial charge in [-0.25, -0.2) is 9.48 Å². The Balaban J connectivity index is 2.14. The minimum atomic E-state index is -0.904. The van der Waals surface area contributed by atoms with E-state index in [-0.39, 0.29) is 5.56 Å². The fourth-order valence-corrected chi connectivity index (χ4v) is 2.82. The van der Waals surface area contributed by atoms with E-state index < -0.39 is 5.97 Å². The highest BCUT2D eigenvalue weighted by atomic mass is 16.4. The Kier molecular flexibility index (Phi) is 2.21. The van der Waals surface area contributed by atoms with Crippen molar-refractivity contribution in [1.82, 2.24) is 9.78 Å². The summed E-state index contributed by atoms with van der Waals surface area (Å²) in [6.45, 7) is 0. The molecule has 5 nitrogen and oxygen atoms in total. The van der Waals surface area contributed by atoms with Crippen molar-refractivity contribution in [2.45, 2.75) is 38.5 Å². The Hall–Kier alpha value is -1.78. The zero-order valence-corrected chi connectivity index (χ0v) is 9.45. The average molecular weight is 234 g/mol. The predicted molar refractivity (Wildman–Crippen MR) is 61.8 cm³/mol. The Bertz CT molecular complexity index is 577. The molecule has 2 N–H and O–H groups in total. The zero-order valence-electron chi connectivity index (χ0n) is 9.45. The van der Waals surface area contributed by atoms with Crippen LogP contribution in [0, 0.1) is 0 Å². The largest absolute Gasteiger partial charge is 0.478 e. The number of allylic oxidation sites excluding steroid dienone is 1. The summed E-state index contributed by atoms with van der Waals surface area (Å²) < 4.78 is 1.46. The topological polar surface area (TPSA) is 75.1 Å². The number of nitrogens with zero attached hydrogens (tertiary/aromatic N) is 1. The molecular formula is C12H14N2O3. The van der Waals surface area contributed by atoms with E-state index in [0.717, 1.165) is 36.9 Å². The van der Waals surface area contributed by atoms with Crippen molar-refractivity contribution in [3.63, 3.8) is 0 Å². The maximum Gasteiger partial charge on any atom is 0.333 e. The third-order valence-corrected chi connectivity index (χ3v) is 3.64. The van der Waals surface area contributed by atoms with Gasteiger partial charge < -0.3 is 5.11 Å². The number of rotatable bonds is 2. The molecule has 0 aliphatic heterocycles. The number of carboxylic acid groups (broad SMARTS) is 1. The van der Waals surface area contributed by atoms with Gasteiger partial charge in [-0.15, -0.1) is 0 Å². The number of hydrogen-bond acceptors (Lipinski definition) is 2. The van der Waals surface area contributed by atoms with Gasteiger partial charge in [0.1, 0.15) is 0 Å². The number of aliphatic carboxylic acids is 1. The summed E-state index contributed by atoms with van der Waals surface area (Å²) in [5.41, 5.74) is 2.81. The molecule has 0 fully saturated rings. The van der Waals surface area contributed by atoms with Gasteiger partial charge in [0.05, 0.1) is 11.3 Å². The smallest absolute Gasteiger partial charge is 0.333 e. The monoisotopic (exact) mass is 234 g/mol. The number of carbonyl (C=O) groups is 1. The first-order valence-corrected chi connectivity index (χ1v) is 5.97. The van der Waals surface area contributed by atoms with Crippen molar-refractivity contribution in [2.75, 3.05) is 0 Å². The summed E-state index contributed by atoms with van der Waals surface area (Å²) in [5.74, 6) is -0.904. The lowest BCUT2D eigenvalue weighted by atomic mass is 10.2. The van der Waals surface area contributed by atoms with Crippen molar-refractivity contribution in [2.24, 2.45) is 0 Å². The molecule has 1 heterocycles. The van der Waals surface area contributed by atoms with Crippen LogP contribution in [0.5, 0.6) is 0 Å². The molecule has 0 saturated carbocycles. The van der Waals surface area contributed by atoms with Crippen LogP contribution in [0.3, 0.4) is 0 Å². The first-order valence-electron chi connectivity index (χ1n) is 5.97. The molecule has 17 heavy (non-hydrogen) atoms. The molecule has 2 aliphatic rings. The SMILES string of the molecule is O=C(O)C1=C(n2[nH]c3c(c2=O)CCC3)CCC1. The lowest BCUT2D eigenvalue weighted by Crippen LogP contribution is -2.19. The van der Waals surface area contributed by atoms with Crippen LogP contribution in [-0.2, 0) is 17.6 Å². The van der Waals surface area contributed by atoms with Gasteiger partial charge >= 0.3 is 5.97 Å². The third kappa shape index (κ3) is 1.45. The number of hydrogen-bond donors (Lipinski definition) is 2. The quantitative estimate of drug-likeness (QED) is 0.805. The Morgan fingerprint density at radius 2 is 1.94 bits per heavy atom. The first kappa shape index (κ1) is 10.4. The van der Waals surface area contributed by atoms with E-state index >= 15 is 0 Å². The lowest BCUT2D eigenvalue weighted by Gasteiger charge is -2.04. The summed E-state index contributed by atoms with van der Waals surface area (Å²) in [4.78, 5) is 23.2. The second-order valence-electron chi connectivity index (χ2n) is 4.65. The number of carboxylic acids is 1. The minimum Gasteiger partial charge on any atom is -0.478 e. The molecule has 0 radical (unpaired) electrons. The van der Waals surface area contributed by atoms with Gasteiger partial charge in [-0.2, -0.15) is 0 Å². The summed E-state index contributed by atoms with van der Waals surface area (Å²) in [5, 5.41) is 12.2. The molecule has 5 heteroatoms. The molecule has 2 aliphatic carbocycles. The number of aryl methyl sites for hydroxylation is 1. The lowest BCUT2D eigenvalue weighted by molar-refractivity contribution is -0.132. The minimum absolute atomic E-state index is 0.0480. The van der Waals surface area contributed by atoms with Gasteiger partial charge in [-0.1, -0.05) is 0 Å². The first-order chi connectivity index (χ1) is 8.18. The van der Waals surface area contributed by atoms with Gasteiger partial charge in [0, 0.05) is 11.3 Å². The molecule has 1 aromatic rings. The second kappa shape index (κ2) is 3.61. The van der Waals surface area contributed by atoms with E-state index in [1.807, 2.05) is 0 Å². The van der Waals surface area contributed by atoms with Crippen molar-refractivity contribution in [1.29, 1.82) is 0 Å². The number of H-pyrrole nitrogens is 1. The van der Waals surface area contributed by atoms with Crippen LogP contribution < -0.4 is 5.56 Å². The molecule has 1 aromatic heterocycles. The number of aromatic amines is 1. The number of aromatic nitrogens is 2. The summed E-state index contributed by atoms with van der Waals surface area (Å²) in [7, 11) is 0. The average Bonchev–Trinajstić information content (AvgIpc) is 2.95. The van der Waals surface area contributed by atoms with Crippen molar-refractivity contribution in [3.8, 4) is 0 Å². The van der Waals surface area contributed by atoms with Crippen molar-refractivity contribution in [3.05, 3.63) is 27.2 Å². The van der Waals surface area contributed by atoms with Crippen LogP contribution in [0.25, 0.3) is 5.70 Å². The Morgan fingerprint density at radius 3 is 2.65 bits per heavy atom. The third-order valence-electron chi connectivity index (χ3n) is 3.64. The van der Waals surface area contributed by atoms with Gasteiger partial charge in [0.2, 0.25) is 0 Å². The van der Waals surface area contributed by atoms with Crippen molar-refractivity contribution < 1.29 is 9.90 Å². The molecule has 0 bridgehead atoms. The molecule has 3 rings (SSSR count). The van der Waals surface area contributed by atoms with Crippen molar-refractivity contribution >= 4 is 11.7 Å². The molecule has 90 valence electrons.